The van der Waals surface area contributed by atoms with Crippen molar-refractivity contribution in [2.24, 2.45) is 0 Å². The number of hydrogen-bond donors (Lipinski definition) is 1. The Kier molecular flexibility index (Phi) is 6.60. The van der Waals surface area contributed by atoms with Gasteiger partial charge in [-0.3, -0.25) is 19.5 Å². The molecule has 1 amide bonds. The van der Waals surface area contributed by atoms with E-state index in [1.807, 2.05) is 0 Å². The topological polar surface area (TPSA) is 48.1 Å². The number of carbonyl (C=O) groups excluding carboxylic acids is 1. The number of benzene rings is 1. The molecule has 6 heteroatoms. The van der Waals surface area contributed by atoms with Crippen molar-refractivity contribution < 1.29 is 9.53 Å². The SMILES string of the molecule is O=C1NCN(CCN2CCOCC2)C12CCN([C@@H]1CCCC[C@@H]1c1ccccc1)CC2. The number of morpholine rings is 1. The minimum absolute atomic E-state index is 0.261. The van der Waals surface area contributed by atoms with Crippen LogP contribution in [0.25, 0.3) is 0 Å². The number of rotatable bonds is 5. The number of nitrogens with one attached hydrogen (secondary N) is 1. The second kappa shape index (κ2) is 9.57. The van der Waals surface area contributed by atoms with E-state index in [1.165, 1.54) is 31.2 Å². The van der Waals surface area contributed by atoms with Crippen LogP contribution in [0.1, 0.15) is 50.0 Å². The van der Waals surface area contributed by atoms with Gasteiger partial charge in [0.2, 0.25) is 5.91 Å². The lowest BCUT2D eigenvalue weighted by Crippen LogP contribution is -2.59. The Labute approximate surface area is 186 Å². The van der Waals surface area contributed by atoms with E-state index in [9.17, 15) is 4.79 Å². The second-order valence-corrected chi connectivity index (χ2v) is 9.82. The van der Waals surface area contributed by atoms with Gasteiger partial charge in [0.15, 0.2) is 0 Å². The Bertz CT molecular complexity index is 728. The van der Waals surface area contributed by atoms with Crippen LogP contribution in [0.4, 0.5) is 0 Å². The predicted molar refractivity (Wildman–Crippen MR) is 122 cm³/mol. The average Bonchev–Trinajstić information content (AvgIpc) is 3.14. The van der Waals surface area contributed by atoms with Crippen LogP contribution in [-0.4, -0.2) is 91.3 Å². The van der Waals surface area contributed by atoms with Crippen molar-refractivity contribution in [3.8, 4) is 0 Å². The van der Waals surface area contributed by atoms with Crippen LogP contribution in [0.2, 0.25) is 0 Å². The van der Waals surface area contributed by atoms with Gasteiger partial charge >= 0.3 is 0 Å². The normalized spacial score (nSPS) is 30.5. The van der Waals surface area contributed by atoms with E-state index in [0.29, 0.717) is 18.6 Å². The van der Waals surface area contributed by atoms with Gasteiger partial charge in [-0.25, -0.2) is 0 Å². The van der Waals surface area contributed by atoms with E-state index in [-0.39, 0.29) is 11.4 Å². The summed E-state index contributed by atoms with van der Waals surface area (Å²) in [6.07, 6.45) is 7.18. The number of amides is 1. The molecule has 2 atom stereocenters. The lowest BCUT2D eigenvalue weighted by Gasteiger charge is -2.48. The van der Waals surface area contributed by atoms with E-state index in [1.54, 1.807) is 0 Å². The summed E-state index contributed by atoms with van der Waals surface area (Å²) in [5.41, 5.74) is 1.21. The first-order valence-corrected chi connectivity index (χ1v) is 12.4. The molecule has 170 valence electrons. The van der Waals surface area contributed by atoms with Crippen LogP contribution >= 0.6 is 0 Å². The van der Waals surface area contributed by atoms with E-state index in [2.05, 4.69) is 50.3 Å². The fraction of sp³-hybridized carbons (Fsp3) is 0.720. The Morgan fingerprint density at radius 2 is 1.71 bits per heavy atom. The van der Waals surface area contributed by atoms with E-state index in [0.717, 1.165) is 65.3 Å². The lowest BCUT2D eigenvalue weighted by atomic mass is 9.77. The minimum atomic E-state index is -0.292. The summed E-state index contributed by atoms with van der Waals surface area (Å²) in [5.74, 6) is 0.899. The number of hydrogen-bond acceptors (Lipinski definition) is 5. The van der Waals surface area contributed by atoms with Crippen molar-refractivity contribution >= 4 is 5.91 Å². The quantitative estimate of drug-likeness (QED) is 0.783. The number of piperidine rings is 1. The summed E-state index contributed by atoms with van der Waals surface area (Å²) < 4.78 is 5.48. The summed E-state index contributed by atoms with van der Waals surface area (Å²) in [6, 6.07) is 11.7. The first-order chi connectivity index (χ1) is 15.3. The van der Waals surface area contributed by atoms with Crippen LogP contribution in [0.3, 0.4) is 0 Å². The summed E-state index contributed by atoms with van der Waals surface area (Å²) in [4.78, 5) is 20.6. The summed E-state index contributed by atoms with van der Waals surface area (Å²) in [6.45, 7) is 8.47. The highest BCUT2D eigenvalue weighted by atomic mass is 16.5. The van der Waals surface area contributed by atoms with E-state index >= 15 is 0 Å². The van der Waals surface area contributed by atoms with Crippen molar-refractivity contribution in [2.45, 2.75) is 56.0 Å². The third kappa shape index (κ3) is 4.40. The largest absolute Gasteiger partial charge is 0.379 e. The van der Waals surface area contributed by atoms with Crippen molar-refractivity contribution in [1.82, 2.24) is 20.0 Å². The third-order valence-electron chi connectivity index (χ3n) is 8.30. The molecule has 0 bridgehead atoms. The number of ether oxygens (including phenoxy) is 1. The van der Waals surface area contributed by atoms with Crippen LogP contribution in [0.15, 0.2) is 30.3 Å². The summed E-state index contributed by atoms with van der Waals surface area (Å²) in [5, 5.41) is 3.17. The Morgan fingerprint density at radius 1 is 0.968 bits per heavy atom. The monoisotopic (exact) mass is 426 g/mol. The molecule has 4 fully saturated rings. The number of likely N-dealkylation sites (tertiary alicyclic amines) is 1. The molecule has 1 aromatic rings. The van der Waals surface area contributed by atoms with Crippen molar-refractivity contribution in [3.05, 3.63) is 35.9 Å². The molecule has 4 aliphatic rings. The predicted octanol–water partition coefficient (Wildman–Crippen LogP) is 2.27. The number of nitrogens with zero attached hydrogens (tertiary/aromatic N) is 3. The molecule has 3 saturated heterocycles. The van der Waals surface area contributed by atoms with Crippen molar-refractivity contribution in [2.75, 3.05) is 59.2 Å². The molecule has 6 nitrogen and oxygen atoms in total. The molecule has 1 aliphatic carbocycles. The maximum Gasteiger partial charge on any atom is 0.241 e. The van der Waals surface area contributed by atoms with Crippen molar-refractivity contribution in [1.29, 1.82) is 0 Å². The zero-order valence-electron chi connectivity index (χ0n) is 18.8. The molecular weight excluding hydrogens is 388 g/mol. The molecule has 5 rings (SSSR count). The lowest BCUT2D eigenvalue weighted by molar-refractivity contribution is -0.129. The molecule has 31 heavy (non-hydrogen) atoms. The van der Waals surface area contributed by atoms with Gasteiger partial charge in [-0.15, -0.1) is 0 Å². The van der Waals surface area contributed by atoms with Gasteiger partial charge in [-0.2, -0.15) is 0 Å². The van der Waals surface area contributed by atoms with Crippen LogP contribution in [0, 0.1) is 0 Å². The Morgan fingerprint density at radius 3 is 2.48 bits per heavy atom. The third-order valence-corrected chi connectivity index (χ3v) is 8.30. The second-order valence-electron chi connectivity index (χ2n) is 9.82. The first-order valence-electron chi connectivity index (χ1n) is 12.4. The standard InChI is InChI=1S/C25H38N4O2/c30-24-25(29(20-26-24)15-14-27-16-18-31-19-17-27)10-12-28(13-11-25)23-9-5-4-8-22(23)21-6-2-1-3-7-21/h1-3,6-7,22-23H,4-5,8-20H2,(H,26,30)/t22-,23-/m1/s1. The van der Waals surface area contributed by atoms with Gasteiger partial charge in [0.05, 0.1) is 19.9 Å². The highest BCUT2D eigenvalue weighted by Crippen LogP contribution is 2.40. The molecule has 1 spiro atoms. The molecule has 0 unspecified atom stereocenters. The zero-order chi connectivity index (χ0) is 21.1. The first kappa shape index (κ1) is 21.4. The highest BCUT2D eigenvalue weighted by molar-refractivity contribution is 5.88. The Balaban J connectivity index is 1.23. The highest BCUT2D eigenvalue weighted by Gasteiger charge is 2.51. The zero-order valence-corrected chi connectivity index (χ0v) is 18.8. The molecule has 3 aliphatic heterocycles. The van der Waals surface area contributed by atoms with Gasteiger partial charge in [0.25, 0.3) is 0 Å². The van der Waals surface area contributed by atoms with Crippen molar-refractivity contribution in [3.63, 3.8) is 0 Å². The van der Waals surface area contributed by atoms with Gasteiger partial charge in [0, 0.05) is 45.3 Å². The maximum atomic E-state index is 13.0. The van der Waals surface area contributed by atoms with Gasteiger partial charge in [-0.1, -0.05) is 43.2 Å². The van der Waals surface area contributed by atoms with Gasteiger partial charge in [0.1, 0.15) is 5.54 Å². The summed E-state index contributed by atoms with van der Waals surface area (Å²) in [7, 11) is 0. The molecule has 1 saturated carbocycles. The van der Waals surface area contributed by atoms with Crippen LogP contribution < -0.4 is 5.32 Å². The molecule has 1 N–H and O–H groups in total. The molecular formula is C25H38N4O2. The molecule has 0 aromatic heterocycles. The van der Waals surface area contributed by atoms with Crippen LogP contribution in [-0.2, 0) is 9.53 Å². The minimum Gasteiger partial charge on any atom is -0.379 e. The fourth-order valence-corrected chi connectivity index (χ4v) is 6.41. The molecule has 3 heterocycles. The average molecular weight is 427 g/mol. The summed E-state index contributed by atoms with van der Waals surface area (Å²) >= 11 is 0. The molecule has 0 radical (unpaired) electrons. The van der Waals surface area contributed by atoms with E-state index in [4.69, 9.17) is 4.74 Å². The molecule has 1 aromatic carbocycles. The number of carbonyl (C=O) groups is 1. The Hall–Kier alpha value is -1.47. The van der Waals surface area contributed by atoms with Crippen LogP contribution in [0.5, 0.6) is 0 Å². The van der Waals surface area contributed by atoms with E-state index < -0.39 is 0 Å². The maximum absolute atomic E-state index is 13.0. The smallest absolute Gasteiger partial charge is 0.241 e. The van der Waals surface area contributed by atoms with Gasteiger partial charge < -0.3 is 10.1 Å². The fourth-order valence-electron chi connectivity index (χ4n) is 6.41. The van der Waals surface area contributed by atoms with Gasteiger partial charge in [-0.05, 0) is 37.2 Å².